The number of rotatable bonds is 9. The summed E-state index contributed by atoms with van der Waals surface area (Å²) in [5, 5.41) is 27.3. The van der Waals surface area contributed by atoms with Gasteiger partial charge >= 0.3 is 0 Å². The van der Waals surface area contributed by atoms with E-state index in [0.717, 1.165) is 31.6 Å². The molecule has 0 radical (unpaired) electrons. The van der Waals surface area contributed by atoms with Crippen LogP contribution in [-0.2, 0) is 0 Å². The average Bonchev–Trinajstić information content (AvgIpc) is 3.14. The molecule has 166 valence electrons. The second-order valence-corrected chi connectivity index (χ2v) is 7.22. The van der Waals surface area contributed by atoms with Crippen LogP contribution in [0.4, 0.5) is 5.82 Å². The second-order valence-electron chi connectivity index (χ2n) is 7.22. The summed E-state index contributed by atoms with van der Waals surface area (Å²) >= 11 is 0. The maximum absolute atomic E-state index is 12.5. The van der Waals surface area contributed by atoms with E-state index in [1.807, 2.05) is 12.1 Å². The predicted octanol–water partition coefficient (Wildman–Crippen LogP) is -1.18. The van der Waals surface area contributed by atoms with Crippen molar-refractivity contribution in [3.63, 3.8) is 0 Å². The lowest BCUT2D eigenvalue weighted by Crippen LogP contribution is -3.11. The van der Waals surface area contributed by atoms with Crippen LogP contribution in [0.1, 0.15) is 37.0 Å². The van der Waals surface area contributed by atoms with Gasteiger partial charge in [0.15, 0.2) is 23.1 Å². The zero-order valence-corrected chi connectivity index (χ0v) is 18.4. The van der Waals surface area contributed by atoms with Crippen LogP contribution in [0.25, 0.3) is 16.9 Å². The maximum atomic E-state index is 12.5. The van der Waals surface area contributed by atoms with E-state index in [4.69, 9.17) is 5.73 Å². The van der Waals surface area contributed by atoms with Gasteiger partial charge in [0.1, 0.15) is 5.69 Å². The number of hydrogen-bond acceptors (Lipinski definition) is 6. The molecule has 31 heavy (non-hydrogen) atoms. The molecule has 9 heteroatoms. The van der Waals surface area contributed by atoms with Crippen molar-refractivity contribution in [1.29, 1.82) is 0 Å². The van der Waals surface area contributed by atoms with Crippen molar-refractivity contribution in [2.45, 2.75) is 26.7 Å². The highest BCUT2D eigenvalue weighted by molar-refractivity contribution is 5.96. The Morgan fingerprint density at radius 1 is 1.06 bits per heavy atom. The number of nitrogens with two attached hydrogens (primary N) is 1. The first-order valence-corrected chi connectivity index (χ1v) is 10.1. The highest BCUT2D eigenvalue weighted by atomic mass is 35.5. The van der Waals surface area contributed by atoms with E-state index in [2.05, 4.69) is 24.2 Å². The standard InChI is InChI=1S/C22H27N5O3.ClH/c1-3-26(4-2)13-5-6-18(28)15-7-9-16(10-8-15)21-22(23)27(25-24-21)17-11-12-19(29)20(30)14-17;/h7-12,14,29-30H,3-6,13,23H2,1-2H3;1H. The Hall–Kier alpha value is -3.10. The lowest BCUT2D eigenvalue weighted by atomic mass is 10.0. The van der Waals surface area contributed by atoms with Crippen LogP contribution >= 0.6 is 0 Å². The van der Waals surface area contributed by atoms with Gasteiger partial charge in [-0.2, -0.15) is 4.68 Å². The molecule has 0 aliphatic heterocycles. The summed E-state index contributed by atoms with van der Waals surface area (Å²) in [6.07, 6.45) is 1.41. The highest BCUT2D eigenvalue weighted by Gasteiger charge is 2.15. The van der Waals surface area contributed by atoms with Crippen LogP contribution in [0.2, 0.25) is 0 Å². The minimum atomic E-state index is -0.269. The van der Waals surface area contributed by atoms with Crippen molar-refractivity contribution in [2.24, 2.45) is 0 Å². The fourth-order valence-corrected chi connectivity index (χ4v) is 3.39. The number of aromatic hydroxyl groups is 2. The van der Waals surface area contributed by atoms with Crippen LogP contribution in [0, 0.1) is 0 Å². The lowest BCUT2D eigenvalue weighted by Gasteiger charge is -2.14. The normalized spacial score (nSPS) is 10.8. The number of hydrogen-bond donors (Lipinski definition) is 4. The third-order valence-corrected chi connectivity index (χ3v) is 5.32. The molecule has 8 nitrogen and oxygen atoms in total. The van der Waals surface area contributed by atoms with Gasteiger partial charge in [-0.15, -0.1) is 5.10 Å². The van der Waals surface area contributed by atoms with Gasteiger partial charge in [0, 0.05) is 30.0 Å². The third-order valence-electron chi connectivity index (χ3n) is 5.32. The van der Waals surface area contributed by atoms with Gasteiger partial charge in [-0.1, -0.05) is 29.5 Å². The Bertz CT molecular complexity index is 1020. The minimum Gasteiger partial charge on any atom is -1.00 e. The number of nitrogens with one attached hydrogen (secondary N) is 1. The van der Waals surface area contributed by atoms with Crippen molar-refractivity contribution < 1.29 is 32.3 Å². The Labute approximate surface area is 187 Å². The number of halogens is 1. The van der Waals surface area contributed by atoms with E-state index in [1.54, 1.807) is 18.2 Å². The van der Waals surface area contributed by atoms with E-state index in [9.17, 15) is 15.0 Å². The maximum Gasteiger partial charge on any atom is 0.163 e. The number of carbonyl (C=O) groups is 1. The van der Waals surface area contributed by atoms with Crippen molar-refractivity contribution in [1.82, 2.24) is 15.0 Å². The molecular formula is C22H28ClN5O3. The van der Waals surface area contributed by atoms with Gasteiger partial charge in [0.05, 0.1) is 25.3 Å². The number of benzene rings is 2. The summed E-state index contributed by atoms with van der Waals surface area (Å²) in [7, 11) is 0. The number of ketones is 1. The van der Waals surface area contributed by atoms with Crippen molar-refractivity contribution in [3.8, 4) is 28.4 Å². The fourth-order valence-electron chi connectivity index (χ4n) is 3.39. The van der Waals surface area contributed by atoms with Crippen molar-refractivity contribution in [3.05, 3.63) is 48.0 Å². The zero-order chi connectivity index (χ0) is 21.7. The number of anilines is 1. The molecule has 0 spiro atoms. The first-order chi connectivity index (χ1) is 14.4. The molecule has 0 aliphatic carbocycles. The number of nitrogens with zero attached hydrogens (tertiary/aromatic N) is 3. The first-order valence-electron chi connectivity index (χ1n) is 10.1. The molecule has 3 aromatic rings. The molecule has 0 saturated carbocycles. The Kier molecular flexibility index (Phi) is 8.41. The van der Waals surface area contributed by atoms with Gasteiger partial charge in [-0.25, -0.2) is 0 Å². The van der Waals surface area contributed by atoms with Crippen molar-refractivity contribution >= 4 is 11.6 Å². The molecule has 2 aromatic carbocycles. The van der Waals surface area contributed by atoms with Gasteiger partial charge in [0.25, 0.3) is 0 Å². The topological polar surface area (TPSA) is 119 Å². The molecular weight excluding hydrogens is 418 g/mol. The number of carbonyl (C=O) groups excluding carboxylic acids is 1. The van der Waals surface area contributed by atoms with E-state index >= 15 is 0 Å². The SMILES string of the molecule is CC[NH+](CC)CCCC(=O)c1ccc(-c2nnn(-c3ccc(O)c(O)c3)c2N)cc1.[Cl-]. The Balaban J connectivity index is 0.00000341. The molecule has 0 atom stereocenters. The zero-order valence-electron chi connectivity index (χ0n) is 17.7. The van der Waals surface area contributed by atoms with E-state index in [-0.39, 0.29) is 29.7 Å². The third kappa shape index (κ3) is 5.53. The smallest absolute Gasteiger partial charge is 0.163 e. The van der Waals surface area contributed by atoms with Crippen LogP contribution < -0.4 is 23.0 Å². The summed E-state index contributed by atoms with van der Waals surface area (Å²) in [5.74, 6) is -0.0727. The quantitative estimate of drug-likeness (QED) is 0.243. The molecule has 0 aliphatic rings. The summed E-state index contributed by atoms with van der Waals surface area (Å²) in [6, 6.07) is 11.5. The van der Waals surface area contributed by atoms with Gasteiger partial charge in [-0.05, 0) is 26.0 Å². The van der Waals surface area contributed by atoms with Crippen LogP contribution in [0.3, 0.4) is 0 Å². The number of phenols is 2. The number of nitrogen functional groups attached to an aromatic ring is 1. The van der Waals surface area contributed by atoms with Gasteiger partial charge in [-0.3, -0.25) is 4.79 Å². The number of phenolic OH excluding ortho intramolecular Hbond substituents is 2. The minimum absolute atomic E-state index is 0. The van der Waals surface area contributed by atoms with E-state index in [0.29, 0.717) is 29.2 Å². The monoisotopic (exact) mass is 445 g/mol. The predicted molar refractivity (Wildman–Crippen MR) is 115 cm³/mol. The largest absolute Gasteiger partial charge is 1.00 e. The molecule has 1 aromatic heterocycles. The fraction of sp³-hybridized carbons (Fsp3) is 0.318. The summed E-state index contributed by atoms with van der Waals surface area (Å²) < 4.78 is 1.38. The molecule has 5 N–H and O–H groups in total. The van der Waals surface area contributed by atoms with Gasteiger partial charge < -0.3 is 33.3 Å². The summed E-state index contributed by atoms with van der Waals surface area (Å²) in [6.45, 7) is 7.47. The summed E-state index contributed by atoms with van der Waals surface area (Å²) in [4.78, 5) is 14.0. The Morgan fingerprint density at radius 2 is 1.74 bits per heavy atom. The molecule has 1 heterocycles. The molecule has 0 saturated heterocycles. The highest BCUT2D eigenvalue weighted by Crippen LogP contribution is 2.30. The molecule has 0 unspecified atom stereocenters. The first kappa shape index (κ1) is 24.2. The number of quaternary nitrogens is 1. The number of aromatic nitrogens is 3. The van der Waals surface area contributed by atoms with Crippen LogP contribution in [0.5, 0.6) is 11.5 Å². The lowest BCUT2D eigenvalue weighted by molar-refractivity contribution is -0.896. The molecule has 0 bridgehead atoms. The summed E-state index contributed by atoms with van der Waals surface area (Å²) in [5.41, 5.74) is 8.56. The van der Waals surface area contributed by atoms with E-state index in [1.165, 1.54) is 21.7 Å². The molecule has 0 amide bonds. The molecule has 0 fully saturated rings. The molecule has 3 rings (SSSR count). The number of Topliss-reactive ketones (excluding diaryl/α,β-unsaturated/α-hetero) is 1. The van der Waals surface area contributed by atoms with E-state index < -0.39 is 0 Å². The van der Waals surface area contributed by atoms with Crippen LogP contribution in [0.15, 0.2) is 42.5 Å². The Morgan fingerprint density at radius 3 is 2.35 bits per heavy atom. The second kappa shape index (κ2) is 10.8. The van der Waals surface area contributed by atoms with Crippen molar-refractivity contribution in [2.75, 3.05) is 25.4 Å². The van der Waals surface area contributed by atoms with Crippen LogP contribution in [-0.4, -0.2) is 50.6 Å². The van der Waals surface area contributed by atoms with Gasteiger partial charge in [0.2, 0.25) is 0 Å². The average molecular weight is 446 g/mol.